The van der Waals surface area contributed by atoms with Gasteiger partial charge in [0.2, 0.25) is 0 Å². The molecule has 4 rings (SSSR count). The van der Waals surface area contributed by atoms with Crippen molar-refractivity contribution < 1.29 is 9.53 Å². The Hall–Kier alpha value is -2.00. The number of halogens is 1. The third kappa shape index (κ3) is 4.78. The SMILES string of the molecule is CCn1nc(C(=O)N(CCN2CCOCC2)c2nc3ccccc3s2)cc1C.Cl. The Morgan fingerprint density at radius 1 is 1.28 bits per heavy atom. The highest BCUT2D eigenvalue weighted by molar-refractivity contribution is 7.22. The van der Waals surface area contributed by atoms with Crippen molar-refractivity contribution in [1.29, 1.82) is 0 Å². The summed E-state index contributed by atoms with van der Waals surface area (Å²) in [5, 5.41) is 5.22. The van der Waals surface area contributed by atoms with E-state index in [-0.39, 0.29) is 18.3 Å². The standard InChI is InChI=1S/C20H25N5O2S.ClH/c1-3-25-15(2)14-17(22-25)19(26)24(9-8-23-10-12-27-13-11-23)20-21-16-6-4-5-7-18(16)28-20;/h4-7,14H,3,8-13H2,1-2H3;1H. The van der Waals surface area contributed by atoms with Crippen molar-refractivity contribution >= 4 is 45.0 Å². The van der Waals surface area contributed by atoms with E-state index < -0.39 is 0 Å². The number of anilines is 1. The molecular weight excluding hydrogens is 410 g/mol. The van der Waals surface area contributed by atoms with Crippen LogP contribution >= 0.6 is 23.7 Å². The summed E-state index contributed by atoms with van der Waals surface area (Å²) >= 11 is 1.55. The minimum absolute atomic E-state index is 0. The van der Waals surface area contributed by atoms with Crippen molar-refractivity contribution in [2.24, 2.45) is 0 Å². The molecule has 0 unspecified atom stereocenters. The number of aryl methyl sites for hydroxylation is 2. The van der Waals surface area contributed by atoms with Gasteiger partial charge in [-0.1, -0.05) is 23.5 Å². The van der Waals surface area contributed by atoms with E-state index in [0.717, 1.165) is 60.4 Å². The fourth-order valence-corrected chi connectivity index (χ4v) is 4.39. The van der Waals surface area contributed by atoms with Crippen LogP contribution in [0, 0.1) is 6.92 Å². The minimum Gasteiger partial charge on any atom is -0.379 e. The summed E-state index contributed by atoms with van der Waals surface area (Å²) in [6.07, 6.45) is 0. The van der Waals surface area contributed by atoms with Gasteiger partial charge in [-0.2, -0.15) is 5.10 Å². The Morgan fingerprint density at radius 2 is 2.03 bits per heavy atom. The third-order valence-corrected chi connectivity index (χ3v) is 6.06. The normalized spacial score (nSPS) is 14.7. The molecule has 2 aromatic heterocycles. The number of morpholine rings is 1. The number of aromatic nitrogens is 3. The molecule has 9 heteroatoms. The molecule has 0 spiro atoms. The minimum atomic E-state index is -0.0948. The van der Waals surface area contributed by atoms with Gasteiger partial charge in [-0.3, -0.25) is 19.3 Å². The lowest BCUT2D eigenvalue weighted by Crippen LogP contribution is -2.43. The second-order valence-corrected chi connectivity index (χ2v) is 7.87. The van der Waals surface area contributed by atoms with Crippen LogP contribution in [0.5, 0.6) is 0 Å². The number of nitrogens with zero attached hydrogens (tertiary/aromatic N) is 5. The van der Waals surface area contributed by atoms with Crippen LogP contribution in [-0.2, 0) is 11.3 Å². The maximum Gasteiger partial charge on any atom is 0.280 e. The average Bonchev–Trinajstić information content (AvgIpc) is 3.32. The first-order chi connectivity index (χ1) is 13.7. The number of para-hydroxylation sites is 1. The van der Waals surface area contributed by atoms with Crippen LogP contribution in [0.15, 0.2) is 30.3 Å². The van der Waals surface area contributed by atoms with E-state index in [2.05, 4.69) is 10.00 Å². The van der Waals surface area contributed by atoms with Crippen LogP contribution in [-0.4, -0.2) is 65.0 Å². The smallest absolute Gasteiger partial charge is 0.280 e. The number of fused-ring (bicyclic) bond motifs is 1. The number of rotatable bonds is 6. The second kappa shape index (κ2) is 9.67. The number of carbonyl (C=O) groups is 1. The molecule has 7 nitrogen and oxygen atoms in total. The van der Waals surface area contributed by atoms with E-state index in [1.54, 1.807) is 16.2 Å². The lowest BCUT2D eigenvalue weighted by Gasteiger charge is -2.29. The Kier molecular flexibility index (Phi) is 7.23. The average molecular weight is 436 g/mol. The van der Waals surface area contributed by atoms with Gasteiger partial charge in [-0.15, -0.1) is 12.4 Å². The first kappa shape index (κ1) is 21.7. The number of hydrogen-bond donors (Lipinski definition) is 0. The molecule has 3 aromatic rings. The topological polar surface area (TPSA) is 63.5 Å². The molecular formula is C20H26ClN5O2S. The highest BCUT2D eigenvalue weighted by Crippen LogP contribution is 2.29. The van der Waals surface area contributed by atoms with Crippen molar-refractivity contribution in [1.82, 2.24) is 19.7 Å². The fraction of sp³-hybridized carbons (Fsp3) is 0.450. The zero-order chi connectivity index (χ0) is 19.5. The number of carbonyl (C=O) groups excluding carboxylic acids is 1. The second-order valence-electron chi connectivity index (χ2n) is 6.86. The molecule has 156 valence electrons. The first-order valence-corrected chi connectivity index (χ1v) is 10.5. The largest absolute Gasteiger partial charge is 0.379 e. The molecule has 1 saturated heterocycles. The number of ether oxygens (including phenoxy) is 1. The van der Waals surface area contributed by atoms with Gasteiger partial charge >= 0.3 is 0 Å². The van der Waals surface area contributed by atoms with Gasteiger partial charge in [0.15, 0.2) is 10.8 Å². The summed E-state index contributed by atoms with van der Waals surface area (Å²) in [5.41, 5.74) is 2.38. The zero-order valence-electron chi connectivity index (χ0n) is 16.7. The van der Waals surface area contributed by atoms with E-state index in [1.807, 2.05) is 48.9 Å². The molecule has 0 aliphatic carbocycles. The predicted molar refractivity (Wildman–Crippen MR) is 118 cm³/mol. The van der Waals surface area contributed by atoms with E-state index >= 15 is 0 Å². The van der Waals surface area contributed by atoms with Crippen molar-refractivity contribution in [3.8, 4) is 0 Å². The Morgan fingerprint density at radius 3 is 2.72 bits per heavy atom. The molecule has 0 bridgehead atoms. The van der Waals surface area contributed by atoms with E-state index in [1.165, 1.54) is 0 Å². The van der Waals surface area contributed by atoms with Gasteiger partial charge < -0.3 is 4.74 Å². The molecule has 3 heterocycles. The fourth-order valence-electron chi connectivity index (χ4n) is 3.40. The molecule has 1 fully saturated rings. The maximum absolute atomic E-state index is 13.3. The van der Waals surface area contributed by atoms with Gasteiger partial charge in [0.1, 0.15) is 0 Å². The van der Waals surface area contributed by atoms with Crippen molar-refractivity contribution in [2.75, 3.05) is 44.3 Å². The molecule has 1 aromatic carbocycles. The number of hydrogen-bond acceptors (Lipinski definition) is 6. The Bertz CT molecular complexity index is 934. The zero-order valence-corrected chi connectivity index (χ0v) is 18.3. The number of benzene rings is 1. The van der Waals surface area contributed by atoms with Crippen LogP contribution in [0.1, 0.15) is 23.1 Å². The van der Waals surface area contributed by atoms with E-state index in [9.17, 15) is 4.79 Å². The van der Waals surface area contributed by atoms with Crippen molar-refractivity contribution in [3.63, 3.8) is 0 Å². The number of amides is 1. The van der Waals surface area contributed by atoms with Crippen LogP contribution in [0.2, 0.25) is 0 Å². The lowest BCUT2D eigenvalue weighted by atomic mass is 10.3. The van der Waals surface area contributed by atoms with E-state index in [0.29, 0.717) is 12.2 Å². The Balaban J connectivity index is 0.00000240. The molecule has 1 aliphatic rings. The first-order valence-electron chi connectivity index (χ1n) is 9.67. The molecule has 0 atom stereocenters. The lowest BCUT2D eigenvalue weighted by molar-refractivity contribution is 0.0391. The summed E-state index contributed by atoms with van der Waals surface area (Å²) in [6.45, 7) is 9.39. The van der Waals surface area contributed by atoms with Gasteiger partial charge in [0.05, 0.1) is 23.4 Å². The summed E-state index contributed by atoms with van der Waals surface area (Å²) in [6, 6.07) is 9.85. The molecule has 0 radical (unpaired) electrons. The summed E-state index contributed by atoms with van der Waals surface area (Å²) < 4.78 is 8.36. The van der Waals surface area contributed by atoms with Crippen LogP contribution in [0.25, 0.3) is 10.2 Å². The monoisotopic (exact) mass is 435 g/mol. The molecule has 0 saturated carbocycles. The molecule has 29 heavy (non-hydrogen) atoms. The highest BCUT2D eigenvalue weighted by Gasteiger charge is 2.25. The third-order valence-electron chi connectivity index (χ3n) is 5.00. The Labute approximate surface area is 180 Å². The number of thiazole rings is 1. The quantitative estimate of drug-likeness (QED) is 0.594. The summed E-state index contributed by atoms with van der Waals surface area (Å²) in [4.78, 5) is 22.2. The van der Waals surface area contributed by atoms with Crippen LogP contribution in [0.3, 0.4) is 0 Å². The summed E-state index contributed by atoms with van der Waals surface area (Å²) in [7, 11) is 0. The van der Waals surface area contributed by atoms with Crippen LogP contribution in [0.4, 0.5) is 5.13 Å². The van der Waals surface area contributed by atoms with Gasteiger partial charge in [-0.05, 0) is 32.0 Å². The molecule has 1 amide bonds. The van der Waals surface area contributed by atoms with E-state index in [4.69, 9.17) is 9.72 Å². The van der Waals surface area contributed by atoms with Gasteiger partial charge in [0, 0.05) is 38.4 Å². The highest BCUT2D eigenvalue weighted by atomic mass is 35.5. The van der Waals surface area contributed by atoms with Gasteiger partial charge in [0.25, 0.3) is 5.91 Å². The summed E-state index contributed by atoms with van der Waals surface area (Å²) in [5.74, 6) is -0.0948. The maximum atomic E-state index is 13.3. The molecule has 1 aliphatic heterocycles. The van der Waals surface area contributed by atoms with Crippen LogP contribution < -0.4 is 4.90 Å². The van der Waals surface area contributed by atoms with Crippen molar-refractivity contribution in [2.45, 2.75) is 20.4 Å². The van der Waals surface area contributed by atoms with Gasteiger partial charge in [-0.25, -0.2) is 4.98 Å². The predicted octanol–water partition coefficient (Wildman–Crippen LogP) is 3.22. The molecule has 0 N–H and O–H groups in total. The van der Waals surface area contributed by atoms with Crippen molar-refractivity contribution in [3.05, 3.63) is 41.7 Å².